The van der Waals surface area contributed by atoms with Crippen molar-refractivity contribution in [2.24, 2.45) is 0 Å². The van der Waals surface area contributed by atoms with Crippen molar-refractivity contribution in [3.8, 4) is 28.2 Å². The fraction of sp³-hybridized carbons (Fsp3) is 0.296. The fourth-order valence-corrected chi connectivity index (χ4v) is 4.21. The number of hydrogen-bond acceptors (Lipinski definition) is 4. The van der Waals surface area contributed by atoms with E-state index in [9.17, 15) is 0 Å². The second kappa shape index (κ2) is 9.45. The monoisotopic (exact) mass is 430 g/mol. The molecule has 0 aromatic heterocycles. The number of nitrogens with zero attached hydrogens (tertiary/aromatic N) is 2. The van der Waals surface area contributed by atoms with Crippen molar-refractivity contribution in [3.63, 3.8) is 0 Å². The largest absolute Gasteiger partial charge is 0.497 e. The van der Waals surface area contributed by atoms with E-state index in [2.05, 4.69) is 60.8 Å². The molecule has 0 atom stereocenters. The van der Waals surface area contributed by atoms with Crippen LogP contribution in [-0.4, -0.2) is 45.7 Å². The van der Waals surface area contributed by atoms with Gasteiger partial charge in [0.05, 0.1) is 13.2 Å². The van der Waals surface area contributed by atoms with Crippen molar-refractivity contribution < 1.29 is 9.15 Å². The summed E-state index contributed by atoms with van der Waals surface area (Å²) < 4.78 is 14.1. The minimum Gasteiger partial charge on any atom is -0.497 e. The van der Waals surface area contributed by atoms with E-state index < -0.39 is 0 Å². The van der Waals surface area contributed by atoms with Crippen molar-refractivity contribution in [3.05, 3.63) is 66.0 Å². The SMILES string of the molecule is CC[N+](CCCN(C)C)=c1ccc2c(-c3ccc(OC)cc3)c3ccc(N)cc3oc-2c1. The number of ether oxygens (including phenoxy) is 1. The molecule has 5 heteroatoms. The van der Waals surface area contributed by atoms with Crippen molar-refractivity contribution in [2.75, 3.05) is 46.6 Å². The zero-order valence-corrected chi connectivity index (χ0v) is 19.4. The zero-order chi connectivity index (χ0) is 22.7. The molecular weight excluding hydrogens is 398 g/mol. The number of methoxy groups -OCH3 is 1. The molecule has 4 rings (SSSR count). The minimum absolute atomic E-state index is 0.691. The molecule has 0 saturated carbocycles. The molecule has 0 amide bonds. The Labute approximate surface area is 189 Å². The Kier molecular flexibility index (Phi) is 6.47. The van der Waals surface area contributed by atoms with Gasteiger partial charge in [0.25, 0.3) is 0 Å². The minimum atomic E-state index is 0.691. The fourth-order valence-electron chi connectivity index (χ4n) is 4.21. The van der Waals surface area contributed by atoms with E-state index in [4.69, 9.17) is 14.9 Å². The average Bonchev–Trinajstić information content (AvgIpc) is 2.80. The van der Waals surface area contributed by atoms with Gasteiger partial charge in [0, 0.05) is 47.3 Å². The van der Waals surface area contributed by atoms with Crippen LogP contribution in [0.4, 0.5) is 5.69 Å². The van der Waals surface area contributed by atoms with Gasteiger partial charge in [0.1, 0.15) is 30.2 Å². The van der Waals surface area contributed by atoms with Crippen LogP contribution in [0.2, 0.25) is 0 Å². The topological polar surface area (TPSA) is 54.6 Å². The third-order valence-electron chi connectivity index (χ3n) is 5.89. The molecule has 5 nitrogen and oxygen atoms in total. The Morgan fingerprint density at radius 2 is 1.78 bits per heavy atom. The number of nitrogen functional groups attached to an aromatic ring is 1. The van der Waals surface area contributed by atoms with E-state index in [0.717, 1.165) is 65.2 Å². The highest BCUT2D eigenvalue weighted by Crippen LogP contribution is 2.40. The van der Waals surface area contributed by atoms with E-state index in [1.165, 1.54) is 5.36 Å². The third-order valence-corrected chi connectivity index (χ3v) is 5.89. The van der Waals surface area contributed by atoms with Gasteiger partial charge < -0.3 is 19.8 Å². The molecule has 2 N–H and O–H groups in total. The Morgan fingerprint density at radius 3 is 2.47 bits per heavy atom. The Balaban J connectivity index is 1.92. The highest BCUT2D eigenvalue weighted by molar-refractivity contribution is 6.02. The van der Waals surface area contributed by atoms with Gasteiger partial charge in [-0.25, -0.2) is 4.58 Å². The van der Waals surface area contributed by atoms with Crippen LogP contribution in [0.15, 0.2) is 65.1 Å². The molecule has 166 valence electrons. The highest BCUT2D eigenvalue weighted by Gasteiger charge is 2.18. The van der Waals surface area contributed by atoms with Crippen LogP contribution in [-0.2, 0) is 0 Å². The summed E-state index contributed by atoms with van der Waals surface area (Å²) in [6.07, 6.45) is 1.11. The summed E-state index contributed by atoms with van der Waals surface area (Å²) in [5, 5.41) is 2.22. The summed E-state index contributed by atoms with van der Waals surface area (Å²) in [6, 6.07) is 20.6. The summed E-state index contributed by atoms with van der Waals surface area (Å²) >= 11 is 0. The molecule has 0 spiro atoms. The molecular formula is C27H32N3O2+. The molecule has 1 heterocycles. The van der Waals surface area contributed by atoms with Gasteiger partial charge in [0.2, 0.25) is 5.36 Å². The molecule has 2 aromatic rings. The highest BCUT2D eigenvalue weighted by atomic mass is 16.5. The maximum Gasteiger partial charge on any atom is 0.203 e. The Hall–Kier alpha value is -3.31. The van der Waals surface area contributed by atoms with Gasteiger partial charge in [0.15, 0.2) is 0 Å². The van der Waals surface area contributed by atoms with Gasteiger partial charge in [-0.2, -0.15) is 0 Å². The third kappa shape index (κ3) is 4.48. The summed E-state index contributed by atoms with van der Waals surface area (Å²) in [5.41, 5.74) is 10.9. The van der Waals surface area contributed by atoms with E-state index in [1.807, 2.05) is 30.3 Å². The van der Waals surface area contributed by atoms with Crippen LogP contribution in [0.25, 0.3) is 33.4 Å². The number of anilines is 1. The van der Waals surface area contributed by atoms with Gasteiger partial charge in [-0.3, -0.25) is 0 Å². The number of hydrogen-bond donors (Lipinski definition) is 1. The first-order valence-electron chi connectivity index (χ1n) is 11.1. The van der Waals surface area contributed by atoms with E-state index in [-0.39, 0.29) is 0 Å². The summed E-state index contributed by atoms with van der Waals surface area (Å²) in [7, 11) is 5.91. The molecule has 1 aliphatic carbocycles. The van der Waals surface area contributed by atoms with Gasteiger partial charge in [-0.05, 0) is 56.9 Å². The second-order valence-electron chi connectivity index (χ2n) is 8.38. The smallest absolute Gasteiger partial charge is 0.203 e. The Bertz CT molecular complexity index is 1260. The first kappa shape index (κ1) is 21.9. The molecule has 1 aliphatic heterocycles. The summed E-state index contributed by atoms with van der Waals surface area (Å²) in [4.78, 5) is 2.22. The van der Waals surface area contributed by atoms with Gasteiger partial charge in [-0.15, -0.1) is 0 Å². The molecule has 2 aromatic carbocycles. The molecule has 0 bridgehead atoms. The van der Waals surface area contributed by atoms with Gasteiger partial charge >= 0.3 is 0 Å². The quantitative estimate of drug-likeness (QED) is 0.266. The van der Waals surface area contributed by atoms with Crippen LogP contribution in [0.3, 0.4) is 0 Å². The average molecular weight is 431 g/mol. The number of fused-ring (bicyclic) bond motifs is 2. The number of nitrogens with two attached hydrogens (primary N) is 1. The predicted octanol–water partition coefficient (Wildman–Crippen LogP) is 4.54. The predicted molar refractivity (Wildman–Crippen MR) is 133 cm³/mol. The molecule has 2 aliphatic rings. The number of benzene rings is 3. The summed E-state index contributed by atoms with van der Waals surface area (Å²) in [6.45, 7) is 5.22. The lowest BCUT2D eigenvalue weighted by molar-refractivity contribution is 0.387. The van der Waals surface area contributed by atoms with Crippen molar-refractivity contribution >= 4 is 16.7 Å². The second-order valence-corrected chi connectivity index (χ2v) is 8.38. The molecule has 32 heavy (non-hydrogen) atoms. The van der Waals surface area contributed by atoms with Crippen LogP contribution < -0.4 is 20.4 Å². The Morgan fingerprint density at radius 1 is 1.00 bits per heavy atom. The maximum absolute atomic E-state index is 6.37. The number of rotatable bonds is 7. The molecule has 0 saturated heterocycles. The summed E-state index contributed by atoms with van der Waals surface area (Å²) in [5.74, 6) is 1.70. The molecule has 0 radical (unpaired) electrons. The van der Waals surface area contributed by atoms with Crippen LogP contribution >= 0.6 is 0 Å². The lowest BCUT2D eigenvalue weighted by Crippen LogP contribution is -2.32. The van der Waals surface area contributed by atoms with Crippen molar-refractivity contribution in [1.29, 1.82) is 0 Å². The first-order valence-corrected chi connectivity index (χ1v) is 11.1. The normalized spacial score (nSPS) is 12.5. The van der Waals surface area contributed by atoms with Crippen LogP contribution in [0.1, 0.15) is 13.3 Å². The van der Waals surface area contributed by atoms with E-state index in [1.54, 1.807) is 7.11 Å². The molecule has 0 fully saturated rings. The standard InChI is InChI=1S/C27H31N3O2/c1-5-30(16-6-15-29(2)3)21-10-14-24-26(18-21)32-25-17-20(28)9-13-23(25)27(24)19-7-11-22(31-4)12-8-19/h7-14,17-18,28H,5-6,15-16H2,1-4H3/p+1. The lowest BCUT2D eigenvalue weighted by Gasteiger charge is -2.16. The van der Waals surface area contributed by atoms with Crippen LogP contribution in [0.5, 0.6) is 5.75 Å². The lowest BCUT2D eigenvalue weighted by atomic mass is 9.93. The zero-order valence-electron chi connectivity index (χ0n) is 19.4. The van der Waals surface area contributed by atoms with E-state index in [0.29, 0.717) is 5.69 Å². The van der Waals surface area contributed by atoms with Crippen molar-refractivity contribution in [1.82, 2.24) is 9.48 Å². The molecule has 0 unspecified atom stereocenters. The van der Waals surface area contributed by atoms with Crippen LogP contribution in [0, 0.1) is 0 Å². The van der Waals surface area contributed by atoms with E-state index >= 15 is 0 Å². The van der Waals surface area contributed by atoms with Crippen molar-refractivity contribution in [2.45, 2.75) is 13.3 Å². The maximum atomic E-state index is 6.37. The van der Waals surface area contributed by atoms with Gasteiger partial charge in [-0.1, -0.05) is 12.1 Å². The first-order chi connectivity index (χ1) is 15.5.